The van der Waals surface area contributed by atoms with Crippen LogP contribution in [0.4, 0.5) is 5.82 Å². The summed E-state index contributed by atoms with van der Waals surface area (Å²) < 4.78 is 1.78. The first-order chi connectivity index (χ1) is 11.8. The molecule has 1 heterocycles. The van der Waals surface area contributed by atoms with Gasteiger partial charge in [-0.25, -0.2) is 4.68 Å². The molecular weight excluding hydrogens is 334 g/mol. The van der Waals surface area contributed by atoms with Crippen molar-refractivity contribution < 1.29 is 4.79 Å². The molecule has 1 aromatic carbocycles. The molecule has 0 atom stereocenters. The highest BCUT2D eigenvalue weighted by molar-refractivity contribution is 6.30. The van der Waals surface area contributed by atoms with Crippen molar-refractivity contribution >= 4 is 23.3 Å². The van der Waals surface area contributed by atoms with E-state index < -0.39 is 0 Å². The molecule has 25 heavy (non-hydrogen) atoms. The van der Waals surface area contributed by atoms with Crippen LogP contribution in [0.1, 0.15) is 65.5 Å². The Kier molecular flexibility index (Phi) is 6.65. The van der Waals surface area contributed by atoms with Gasteiger partial charge in [-0.3, -0.25) is 4.79 Å². The first-order valence-corrected chi connectivity index (χ1v) is 9.35. The highest BCUT2D eigenvalue weighted by Crippen LogP contribution is 2.27. The third-order valence-electron chi connectivity index (χ3n) is 4.07. The van der Waals surface area contributed by atoms with Crippen LogP contribution in [0.15, 0.2) is 30.3 Å². The van der Waals surface area contributed by atoms with Crippen LogP contribution in [-0.4, -0.2) is 15.7 Å². The SMILES string of the molecule is CCCCCCC(=O)Nc1cc(C(C)(C)C)nn1-c1ccc(Cl)cc1. The fourth-order valence-electron chi connectivity index (χ4n) is 2.53. The Morgan fingerprint density at radius 3 is 2.44 bits per heavy atom. The number of benzene rings is 1. The van der Waals surface area contributed by atoms with Gasteiger partial charge < -0.3 is 5.32 Å². The van der Waals surface area contributed by atoms with Crippen LogP contribution in [0, 0.1) is 0 Å². The molecule has 5 heteroatoms. The van der Waals surface area contributed by atoms with Crippen LogP contribution in [0.2, 0.25) is 5.02 Å². The number of hydrogen-bond acceptors (Lipinski definition) is 2. The minimum atomic E-state index is -0.0989. The van der Waals surface area contributed by atoms with Crippen molar-refractivity contribution in [3.8, 4) is 5.69 Å². The first kappa shape index (κ1) is 19.5. The molecule has 0 saturated carbocycles. The van der Waals surface area contributed by atoms with Gasteiger partial charge in [-0.05, 0) is 30.7 Å². The zero-order valence-electron chi connectivity index (χ0n) is 15.6. The number of aromatic nitrogens is 2. The fraction of sp³-hybridized carbons (Fsp3) is 0.500. The second-order valence-corrected chi connectivity index (χ2v) is 7.85. The highest BCUT2D eigenvalue weighted by atomic mass is 35.5. The Morgan fingerprint density at radius 1 is 1.16 bits per heavy atom. The van der Waals surface area contributed by atoms with Crippen LogP contribution < -0.4 is 5.32 Å². The van der Waals surface area contributed by atoms with Gasteiger partial charge in [0.2, 0.25) is 5.91 Å². The van der Waals surface area contributed by atoms with Crippen molar-refractivity contribution in [1.29, 1.82) is 0 Å². The molecular formula is C20H28ClN3O. The predicted octanol–water partition coefficient (Wildman–Crippen LogP) is 5.73. The fourth-order valence-corrected chi connectivity index (χ4v) is 2.66. The standard InChI is InChI=1S/C20H28ClN3O/c1-5-6-7-8-9-19(25)22-18-14-17(20(2,3)4)23-24(18)16-12-10-15(21)11-13-16/h10-14H,5-9H2,1-4H3,(H,22,25). The summed E-state index contributed by atoms with van der Waals surface area (Å²) in [5.74, 6) is 0.736. The Hall–Kier alpha value is -1.81. The van der Waals surface area contributed by atoms with E-state index in [1.807, 2.05) is 30.3 Å². The Morgan fingerprint density at radius 2 is 1.84 bits per heavy atom. The lowest BCUT2D eigenvalue weighted by Crippen LogP contribution is -2.14. The smallest absolute Gasteiger partial charge is 0.225 e. The quantitative estimate of drug-likeness (QED) is 0.640. The van der Waals surface area contributed by atoms with Crippen molar-refractivity contribution in [2.24, 2.45) is 0 Å². The van der Waals surface area contributed by atoms with Gasteiger partial charge in [0, 0.05) is 22.9 Å². The number of unbranched alkanes of at least 4 members (excludes halogenated alkanes) is 3. The molecule has 0 fully saturated rings. The maximum absolute atomic E-state index is 12.3. The van der Waals surface area contributed by atoms with Gasteiger partial charge >= 0.3 is 0 Å². The number of anilines is 1. The van der Waals surface area contributed by atoms with E-state index in [1.54, 1.807) is 4.68 Å². The van der Waals surface area contributed by atoms with E-state index in [-0.39, 0.29) is 11.3 Å². The molecule has 0 saturated heterocycles. The van der Waals surface area contributed by atoms with Crippen LogP contribution >= 0.6 is 11.6 Å². The molecule has 0 unspecified atom stereocenters. The molecule has 136 valence electrons. The third-order valence-corrected chi connectivity index (χ3v) is 4.33. The molecule has 0 aliphatic rings. The normalized spacial score (nSPS) is 11.6. The number of nitrogens with zero attached hydrogens (tertiary/aromatic N) is 2. The highest BCUT2D eigenvalue weighted by Gasteiger charge is 2.21. The Bertz CT molecular complexity index is 699. The molecule has 0 aliphatic carbocycles. The van der Waals surface area contributed by atoms with E-state index in [1.165, 1.54) is 12.8 Å². The van der Waals surface area contributed by atoms with Crippen molar-refractivity contribution in [3.63, 3.8) is 0 Å². The van der Waals surface area contributed by atoms with E-state index in [4.69, 9.17) is 16.7 Å². The summed E-state index contributed by atoms with van der Waals surface area (Å²) in [7, 11) is 0. The summed E-state index contributed by atoms with van der Waals surface area (Å²) in [6.07, 6.45) is 4.88. The largest absolute Gasteiger partial charge is 0.311 e. The zero-order chi connectivity index (χ0) is 18.4. The van der Waals surface area contributed by atoms with E-state index in [0.717, 1.165) is 24.2 Å². The maximum Gasteiger partial charge on any atom is 0.225 e. The number of rotatable bonds is 7. The van der Waals surface area contributed by atoms with Crippen LogP contribution in [0.25, 0.3) is 5.69 Å². The van der Waals surface area contributed by atoms with Gasteiger partial charge in [0.25, 0.3) is 0 Å². The minimum Gasteiger partial charge on any atom is -0.311 e. The lowest BCUT2D eigenvalue weighted by molar-refractivity contribution is -0.116. The summed E-state index contributed by atoms with van der Waals surface area (Å²) in [4.78, 5) is 12.3. The maximum atomic E-state index is 12.3. The molecule has 4 nitrogen and oxygen atoms in total. The molecule has 1 aromatic heterocycles. The van der Waals surface area contributed by atoms with Crippen molar-refractivity contribution in [2.45, 2.75) is 65.2 Å². The van der Waals surface area contributed by atoms with Crippen LogP contribution in [0.3, 0.4) is 0 Å². The molecule has 0 bridgehead atoms. The molecule has 2 aromatic rings. The second-order valence-electron chi connectivity index (χ2n) is 7.41. The van der Waals surface area contributed by atoms with E-state index in [0.29, 0.717) is 17.3 Å². The molecule has 2 rings (SSSR count). The summed E-state index contributed by atoms with van der Waals surface area (Å²) in [5.41, 5.74) is 1.71. The summed E-state index contributed by atoms with van der Waals surface area (Å²) in [6, 6.07) is 9.41. The number of amides is 1. The number of nitrogens with one attached hydrogen (secondary N) is 1. The lowest BCUT2D eigenvalue weighted by atomic mass is 9.92. The van der Waals surface area contributed by atoms with Crippen molar-refractivity contribution in [3.05, 3.63) is 41.0 Å². The number of halogens is 1. The molecule has 0 spiro atoms. The second kappa shape index (κ2) is 8.52. The Balaban J connectivity index is 2.21. The average Bonchev–Trinajstić information content (AvgIpc) is 2.96. The van der Waals surface area contributed by atoms with E-state index in [2.05, 4.69) is 33.0 Å². The molecule has 0 radical (unpaired) electrons. The van der Waals surface area contributed by atoms with Gasteiger partial charge in [-0.15, -0.1) is 0 Å². The Labute approximate surface area is 155 Å². The van der Waals surface area contributed by atoms with Gasteiger partial charge in [0.15, 0.2) is 0 Å². The van der Waals surface area contributed by atoms with Crippen LogP contribution in [-0.2, 0) is 10.2 Å². The van der Waals surface area contributed by atoms with Gasteiger partial charge in [0.1, 0.15) is 5.82 Å². The summed E-state index contributed by atoms with van der Waals surface area (Å²) in [5, 5.41) is 8.40. The van der Waals surface area contributed by atoms with Gasteiger partial charge in [-0.2, -0.15) is 5.10 Å². The number of carbonyl (C=O) groups is 1. The van der Waals surface area contributed by atoms with Crippen LogP contribution in [0.5, 0.6) is 0 Å². The third kappa shape index (κ3) is 5.60. The zero-order valence-corrected chi connectivity index (χ0v) is 16.4. The lowest BCUT2D eigenvalue weighted by Gasteiger charge is -2.14. The van der Waals surface area contributed by atoms with E-state index >= 15 is 0 Å². The number of carbonyl (C=O) groups excluding carboxylic acids is 1. The number of hydrogen-bond donors (Lipinski definition) is 1. The summed E-state index contributed by atoms with van der Waals surface area (Å²) >= 11 is 5.98. The van der Waals surface area contributed by atoms with Crippen molar-refractivity contribution in [1.82, 2.24) is 9.78 Å². The topological polar surface area (TPSA) is 46.9 Å². The monoisotopic (exact) mass is 361 g/mol. The molecule has 1 N–H and O–H groups in total. The average molecular weight is 362 g/mol. The van der Waals surface area contributed by atoms with E-state index in [9.17, 15) is 4.79 Å². The first-order valence-electron chi connectivity index (χ1n) is 8.97. The van der Waals surface area contributed by atoms with Crippen molar-refractivity contribution in [2.75, 3.05) is 5.32 Å². The molecule has 1 amide bonds. The predicted molar refractivity (Wildman–Crippen MR) is 105 cm³/mol. The van der Waals surface area contributed by atoms with Gasteiger partial charge in [-0.1, -0.05) is 58.6 Å². The molecule has 0 aliphatic heterocycles. The minimum absolute atomic E-state index is 0.0340. The summed E-state index contributed by atoms with van der Waals surface area (Å²) in [6.45, 7) is 8.49. The van der Waals surface area contributed by atoms with Gasteiger partial charge in [0.05, 0.1) is 11.4 Å².